The summed E-state index contributed by atoms with van der Waals surface area (Å²) in [6, 6.07) is 18.8. The molecule has 0 aliphatic rings. The molecule has 0 aromatic heterocycles. The molecule has 1 atom stereocenters. The smallest absolute Gasteiger partial charge is 0.387 e. The van der Waals surface area contributed by atoms with Gasteiger partial charge in [0.15, 0.2) is 9.84 Å². The van der Waals surface area contributed by atoms with Gasteiger partial charge in [0.1, 0.15) is 5.75 Å². The third-order valence-corrected chi connectivity index (χ3v) is 5.81. The van der Waals surface area contributed by atoms with E-state index in [1.165, 1.54) is 24.3 Å². The summed E-state index contributed by atoms with van der Waals surface area (Å²) in [5.41, 5.74) is 2.27. The molecule has 0 fully saturated rings. The van der Waals surface area contributed by atoms with E-state index >= 15 is 0 Å². The molecule has 2 N–H and O–H groups in total. The van der Waals surface area contributed by atoms with Crippen molar-refractivity contribution in [1.82, 2.24) is 5.32 Å². The SMILES string of the molecule is CC(NC(=O)c1ccccc1Nc1ccc(OC(F)F)cc1)c1ccc(S(C)(=O)=O)cc1. The molecule has 32 heavy (non-hydrogen) atoms. The van der Waals surface area contributed by atoms with Crippen LogP contribution in [0.3, 0.4) is 0 Å². The van der Waals surface area contributed by atoms with Crippen molar-refractivity contribution >= 4 is 27.1 Å². The minimum absolute atomic E-state index is 0.0345. The Balaban J connectivity index is 1.72. The molecule has 3 aromatic rings. The number of hydrogen-bond acceptors (Lipinski definition) is 5. The van der Waals surface area contributed by atoms with Crippen LogP contribution in [0.1, 0.15) is 28.9 Å². The van der Waals surface area contributed by atoms with Gasteiger partial charge in [0.25, 0.3) is 5.91 Å². The maximum Gasteiger partial charge on any atom is 0.387 e. The fourth-order valence-electron chi connectivity index (χ4n) is 3.03. The van der Waals surface area contributed by atoms with Gasteiger partial charge in [-0.3, -0.25) is 4.79 Å². The summed E-state index contributed by atoms with van der Waals surface area (Å²) in [5.74, 6) is -0.294. The number of halogens is 2. The van der Waals surface area contributed by atoms with Gasteiger partial charge in [-0.1, -0.05) is 24.3 Å². The zero-order chi connectivity index (χ0) is 23.3. The largest absolute Gasteiger partial charge is 0.435 e. The van der Waals surface area contributed by atoms with Gasteiger partial charge in [0.05, 0.1) is 22.2 Å². The summed E-state index contributed by atoms with van der Waals surface area (Å²) in [5, 5.41) is 6.00. The predicted octanol–water partition coefficient (Wildman–Crippen LogP) is 4.93. The Morgan fingerprint density at radius 2 is 1.56 bits per heavy atom. The number of ether oxygens (including phenoxy) is 1. The third-order valence-electron chi connectivity index (χ3n) is 4.69. The Labute approximate surface area is 185 Å². The number of carbonyl (C=O) groups is 1. The number of benzene rings is 3. The highest BCUT2D eigenvalue weighted by Gasteiger charge is 2.16. The van der Waals surface area contributed by atoms with Crippen LogP contribution in [-0.2, 0) is 9.84 Å². The van der Waals surface area contributed by atoms with Gasteiger partial charge in [-0.15, -0.1) is 0 Å². The van der Waals surface area contributed by atoms with Crippen LogP contribution in [0.15, 0.2) is 77.7 Å². The molecule has 1 unspecified atom stereocenters. The Bertz CT molecular complexity index is 1180. The van der Waals surface area contributed by atoms with Crippen molar-refractivity contribution < 1.29 is 26.7 Å². The minimum Gasteiger partial charge on any atom is -0.435 e. The molecule has 0 aliphatic heterocycles. The molecular formula is C23H22F2N2O4S. The van der Waals surface area contributed by atoms with Gasteiger partial charge >= 0.3 is 6.61 Å². The van der Waals surface area contributed by atoms with Crippen LogP contribution in [0.2, 0.25) is 0 Å². The van der Waals surface area contributed by atoms with E-state index in [9.17, 15) is 22.0 Å². The number of alkyl halides is 2. The first-order valence-corrected chi connectivity index (χ1v) is 11.5. The summed E-state index contributed by atoms with van der Waals surface area (Å²) < 4.78 is 52.2. The Morgan fingerprint density at radius 1 is 0.938 bits per heavy atom. The number of sulfone groups is 1. The molecule has 3 rings (SSSR count). The highest BCUT2D eigenvalue weighted by Crippen LogP contribution is 2.24. The number of amides is 1. The molecule has 9 heteroatoms. The summed E-state index contributed by atoms with van der Waals surface area (Å²) in [4.78, 5) is 13.1. The lowest BCUT2D eigenvalue weighted by molar-refractivity contribution is -0.0498. The fraction of sp³-hybridized carbons (Fsp3) is 0.174. The van der Waals surface area contributed by atoms with Crippen molar-refractivity contribution in [2.24, 2.45) is 0 Å². The molecule has 1 amide bonds. The molecule has 0 bridgehead atoms. The van der Waals surface area contributed by atoms with Crippen LogP contribution >= 0.6 is 0 Å². The topological polar surface area (TPSA) is 84.5 Å². The number of rotatable bonds is 8. The first-order valence-electron chi connectivity index (χ1n) is 9.65. The van der Waals surface area contributed by atoms with Crippen molar-refractivity contribution in [3.05, 3.63) is 83.9 Å². The van der Waals surface area contributed by atoms with Crippen molar-refractivity contribution in [3.63, 3.8) is 0 Å². The first kappa shape index (κ1) is 23.2. The van der Waals surface area contributed by atoms with Gasteiger partial charge in [0.2, 0.25) is 0 Å². The average molecular weight is 461 g/mol. The summed E-state index contributed by atoms with van der Waals surface area (Å²) in [6.07, 6.45) is 1.14. The van der Waals surface area contributed by atoms with Gasteiger partial charge in [-0.2, -0.15) is 8.78 Å². The molecule has 3 aromatic carbocycles. The van der Waals surface area contributed by atoms with E-state index < -0.39 is 16.4 Å². The van der Waals surface area contributed by atoms with E-state index in [0.717, 1.165) is 11.8 Å². The quantitative estimate of drug-likeness (QED) is 0.498. The van der Waals surface area contributed by atoms with Gasteiger partial charge in [-0.25, -0.2) is 8.42 Å². The average Bonchev–Trinajstić information content (AvgIpc) is 2.74. The normalized spacial score (nSPS) is 12.3. The minimum atomic E-state index is -3.30. The van der Waals surface area contributed by atoms with E-state index in [-0.39, 0.29) is 22.6 Å². The molecule has 6 nitrogen and oxygen atoms in total. The third kappa shape index (κ3) is 6.04. The molecule has 168 valence electrons. The number of anilines is 2. The van der Waals surface area contributed by atoms with E-state index in [4.69, 9.17) is 0 Å². The lowest BCUT2D eigenvalue weighted by atomic mass is 10.1. The Morgan fingerprint density at radius 3 is 2.16 bits per heavy atom. The second-order valence-electron chi connectivity index (χ2n) is 7.11. The maximum atomic E-state index is 12.9. The number of nitrogens with one attached hydrogen (secondary N) is 2. The standard InChI is InChI=1S/C23H22F2N2O4S/c1-15(16-7-13-19(14-8-16)32(2,29)30)26-22(28)20-5-3-4-6-21(20)27-17-9-11-18(12-10-17)31-23(24)25/h3-15,23,27H,1-2H3,(H,26,28). The number of para-hydroxylation sites is 1. The molecule has 0 saturated heterocycles. The van der Waals surface area contributed by atoms with Crippen LogP contribution in [0.5, 0.6) is 5.75 Å². The van der Waals surface area contributed by atoms with Gasteiger partial charge < -0.3 is 15.4 Å². The molecule has 0 saturated carbocycles. The van der Waals surface area contributed by atoms with Crippen LogP contribution in [0.25, 0.3) is 0 Å². The van der Waals surface area contributed by atoms with Crippen molar-refractivity contribution in [1.29, 1.82) is 0 Å². The number of hydrogen-bond donors (Lipinski definition) is 2. The second-order valence-corrected chi connectivity index (χ2v) is 9.13. The van der Waals surface area contributed by atoms with Gasteiger partial charge in [0, 0.05) is 11.9 Å². The lowest BCUT2D eigenvalue weighted by Gasteiger charge is -2.17. The predicted molar refractivity (Wildman–Crippen MR) is 118 cm³/mol. The fourth-order valence-corrected chi connectivity index (χ4v) is 3.66. The van der Waals surface area contributed by atoms with Gasteiger partial charge in [-0.05, 0) is 61.0 Å². The Kier molecular flexibility index (Phi) is 7.09. The van der Waals surface area contributed by atoms with Crippen molar-refractivity contribution in [3.8, 4) is 5.75 Å². The molecular weight excluding hydrogens is 438 g/mol. The zero-order valence-electron chi connectivity index (χ0n) is 17.4. The monoisotopic (exact) mass is 460 g/mol. The van der Waals surface area contributed by atoms with Crippen molar-refractivity contribution in [2.75, 3.05) is 11.6 Å². The lowest BCUT2D eigenvalue weighted by Crippen LogP contribution is -2.27. The van der Waals surface area contributed by atoms with Crippen molar-refractivity contribution in [2.45, 2.75) is 24.5 Å². The maximum absolute atomic E-state index is 12.9. The highest BCUT2D eigenvalue weighted by atomic mass is 32.2. The van der Waals surface area contributed by atoms with Crippen LogP contribution in [-0.4, -0.2) is 27.2 Å². The Hall–Kier alpha value is -3.46. The summed E-state index contributed by atoms with van der Waals surface area (Å²) >= 11 is 0. The van der Waals surface area contributed by atoms with Crippen LogP contribution in [0, 0.1) is 0 Å². The number of carbonyl (C=O) groups excluding carboxylic acids is 1. The molecule has 0 spiro atoms. The highest BCUT2D eigenvalue weighted by molar-refractivity contribution is 7.90. The summed E-state index contributed by atoms with van der Waals surface area (Å²) in [7, 11) is -3.30. The van der Waals surface area contributed by atoms with E-state index in [1.54, 1.807) is 55.5 Å². The van der Waals surface area contributed by atoms with Crippen LogP contribution < -0.4 is 15.4 Å². The molecule has 0 radical (unpaired) electrons. The van der Waals surface area contributed by atoms with E-state index in [2.05, 4.69) is 15.4 Å². The van der Waals surface area contributed by atoms with E-state index in [1.807, 2.05) is 0 Å². The summed E-state index contributed by atoms with van der Waals surface area (Å²) in [6.45, 7) is -1.10. The van der Waals surface area contributed by atoms with Crippen LogP contribution in [0.4, 0.5) is 20.2 Å². The first-order chi connectivity index (χ1) is 15.1. The second kappa shape index (κ2) is 9.78. The zero-order valence-corrected chi connectivity index (χ0v) is 18.2. The van der Waals surface area contributed by atoms with E-state index in [0.29, 0.717) is 16.9 Å². The molecule has 0 heterocycles. The molecule has 0 aliphatic carbocycles.